The van der Waals surface area contributed by atoms with Crippen LogP contribution in [0.4, 0.5) is 0 Å². The van der Waals surface area contributed by atoms with Gasteiger partial charge in [-0.3, -0.25) is 4.79 Å². The normalized spacial score (nSPS) is 12.1. The van der Waals surface area contributed by atoms with Crippen LogP contribution in [-0.2, 0) is 4.79 Å². The summed E-state index contributed by atoms with van der Waals surface area (Å²) in [6, 6.07) is 0. The number of primary amides is 1. The van der Waals surface area contributed by atoms with Gasteiger partial charge in [0.25, 0.3) is 0 Å². The lowest BCUT2D eigenvalue weighted by Crippen LogP contribution is -2.09. The van der Waals surface area contributed by atoms with E-state index in [9.17, 15) is 4.79 Å². The zero-order valence-corrected chi connectivity index (χ0v) is 13.0. The van der Waals surface area contributed by atoms with Crippen molar-refractivity contribution >= 4 is 5.91 Å². The van der Waals surface area contributed by atoms with Crippen LogP contribution in [0.2, 0.25) is 0 Å². The predicted molar refractivity (Wildman–Crippen MR) is 88.5 cm³/mol. The average Bonchev–Trinajstić information content (AvgIpc) is 2.43. The molecule has 0 bridgehead atoms. The van der Waals surface area contributed by atoms with E-state index in [1.807, 2.05) is 0 Å². The lowest BCUT2D eigenvalue weighted by Gasteiger charge is -1.98. The van der Waals surface area contributed by atoms with Crippen LogP contribution in [0.25, 0.3) is 0 Å². The second-order valence-electron chi connectivity index (χ2n) is 5.07. The summed E-state index contributed by atoms with van der Waals surface area (Å²) in [6.07, 6.45) is 24.1. The maximum atomic E-state index is 10.5. The summed E-state index contributed by atoms with van der Waals surface area (Å²) in [5.41, 5.74) is 5.09. The topological polar surface area (TPSA) is 43.1 Å². The molecule has 0 aliphatic carbocycles. The van der Waals surface area contributed by atoms with Gasteiger partial charge in [0.2, 0.25) is 5.91 Å². The van der Waals surface area contributed by atoms with Crippen molar-refractivity contribution in [3.05, 3.63) is 36.5 Å². The number of amides is 1. The second kappa shape index (κ2) is 15.7. The number of rotatable bonds is 13. The van der Waals surface area contributed by atoms with E-state index in [1.165, 1.54) is 25.7 Å². The number of hydrogen-bond acceptors (Lipinski definition) is 1. The Morgan fingerprint density at radius 1 is 0.800 bits per heavy atom. The standard InChI is InChI=1S/C18H31NO/c1-2-3-4-5-6-7-8-9-10-11-12-13-14-15-16-17-18(19)20/h3-4,6-7,9-10H,2,5,8,11-17H2,1H3,(H2,19,20)/b4-3+,7-6+,10-9+. The quantitative estimate of drug-likeness (QED) is 0.371. The summed E-state index contributed by atoms with van der Waals surface area (Å²) in [5.74, 6) is -0.175. The first-order valence-electron chi connectivity index (χ1n) is 8.00. The van der Waals surface area contributed by atoms with Crippen LogP contribution in [-0.4, -0.2) is 5.91 Å². The number of carbonyl (C=O) groups is 1. The number of carbonyl (C=O) groups excluding carboxylic acids is 1. The van der Waals surface area contributed by atoms with Gasteiger partial charge in [0.1, 0.15) is 0 Å². The minimum atomic E-state index is -0.175. The SMILES string of the molecule is CC/C=C/C/C=C/C/C=C/CCCCCCCC(N)=O. The van der Waals surface area contributed by atoms with Gasteiger partial charge in [-0.2, -0.15) is 0 Å². The van der Waals surface area contributed by atoms with E-state index < -0.39 is 0 Å². The van der Waals surface area contributed by atoms with Gasteiger partial charge in [-0.25, -0.2) is 0 Å². The van der Waals surface area contributed by atoms with Crippen LogP contribution < -0.4 is 5.73 Å². The van der Waals surface area contributed by atoms with E-state index in [2.05, 4.69) is 43.4 Å². The molecule has 0 aliphatic heterocycles. The third-order valence-electron chi connectivity index (χ3n) is 3.07. The molecule has 0 fully saturated rings. The number of allylic oxidation sites excluding steroid dienone is 6. The Morgan fingerprint density at radius 2 is 1.35 bits per heavy atom. The fraction of sp³-hybridized carbons (Fsp3) is 0.611. The summed E-state index contributed by atoms with van der Waals surface area (Å²) >= 11 is 0. The highest BCUT2D eigenvalue weighted by Crippen LogP contribution is 2.07. The molecule has 0 aromatic carbocycles. The fourth-order valence-electron chi connectivity index (χ4n) is 1.92. The van der Waals surface area contributed by atoms with Crippen LogP contribution in [0.5, 0.6) is 0 Å². The van der Waals surface area contributed by atoms with Crippen molar-refractivity contribution in [2.24, 2.45) is 5.73 Å². The van der Waals surface area contributed by atoms with Crippen molar-refractivity contribution < 1.29 is 4.79 Å². The zero-order chi connectivity index (χ0) is 14.9. The molecule has 0 aromatic rings. The van der Waals surface area contributed by atoms with Crippen LogP contribution in [0.1, 0.15) is 71.1 Å². The molecule has 0 spiro atoms. The molecule has 0 aliphatic rings. The third kappa shape index (κ3) is 16.7. The highest BCUT2D eigenvalue weighted by atomic mass is 16.1. The average molecular weight is 277 g/mol. The lowest BCUT2D eigenvalue weighted by atomic mass is 10.1. The lowest BCUT2D eigenvalue weighted by molar-refractivity contribution is -0.118. The van der Waals surface area contributed by atoms with Gasteiger partial charge in [0.15, 0.2) is 0 Å². The van der Waals surface area contributed by atoms with Gasteiger partial charge in [-0.1, -0.05) is 62.6 Å². The van der Waals surface area contributed by atoms with Gasteiger partial charge in [0.05, 0.1) is 0 Å². The molecule has 0 unspecified atom stereocenters. The molecule has 0 aromatic heterocycles. The smallest absolute Gasteiger partial charge is 0.217 e. The van der Waals surface area contributed by atoms with Gasteiger partial charge >= 0.3 is 0 Å². The second-order valence-corrected chi connectivity index (χ2v) is 5.07. The molecule has 114 valence electrons. The molecule has 0 saturated carbocycles. The zero-order valence-electron chi connectivity index (χ0n) is 13.0. The van der Waals surface area contributed by atoms with Gasteiger partial charge < -0.3 is 5.73 Å². The molecule has 20 heavy (non-hydrogen) atoms. The maximum absolute atomic E-state index is 10.5. The Kier molecular flexibility index (Phi) is 14.7. The predicted octanol–water partition coefficient (Wildman–Crippen LogP) is 5.06. The van der Waals surface area contributed by atoms with Crippen molar-refractivity contribution in [2.75, 3.05) is 0 Å². The van der Waals surface area contributed by atoms with Gasteiger partial charge in [0, 0.05) is 6.42 Å². The highest BCUT2D eigenvalue weighted by Gasteiger charge is 1.94. The summed E-state index contributed by atoms with van der Waals surface area (Å²) in [5, 5.41) is 0. The Balaban J connectivity index is 3.23. The van der Waals surface area contributed by atoms with E-state index in [1.54, 1.807) is 0 Å². The molecule has 0 rings (SSSR count). The highest BCUT2D eigenvalue weighted by molar-refractivity contribution is 5.73. The van der Waals surface area contributed by atoms with Crippen LogP contribution in [0.3, 0.4) is 0 Å². The summed E-state index contributed by atoms with van der Waals surface area (Å²) in [7, 11) is 0. The van der Waals surface area contributed by atoms with Crippen molar-refractivity contribution in [1.29, 1.82) is 0 Å². The molecule has 0 radical (unpaired) electrons. The fourth-order valence-corrected chi connectivity index (χ4v) is 1.92. The first kappa shape index (κ1) is 18.7. The summed E-state index contributed by atoms with van der Waals surface area (Å²) in [6.45, 7) is 2.15. The molecule has 0 heterocycles. The van der Waals surface area contributed by atoms with E-state index >= 15 is 0 Å². The van der Waals surface area contributed by atoms with Crippen molar-refractivity contribution in [3.8, 4) is 0 Å². The van der Waals surface area contributed by atoms with Gasteiger partial charge in [-0.15, -0.1) is 0 Å². The van der Waals surface area contributed by atoms with E-state index in [0.29, 0.717) is 6.42 Å². The van der Waals surface area contributed by atoms with E-state index in [-0.39, 0.29) is 5.91 Å². The van der Waals surface area contributed by atoms with Crippen molar-refractivity contribution in [2.45, 2.75) is 71.1 Å². The molecule has 2 heteroatoms. The molecular weight excluding hydrogens is 246 g/mol. The van der Waals surface area contributed by atoms with Gasteiger partial charge in [-0.05, 0) is 38.5 Å². The first-order valence-corrected chi connectivity index (χ1v) is 8.00. The number of nitrogens with two attached hydrogens (primary N) is 1. The van der Waals surface area contributed by atoms with E-state index in [4.69, 9.17) is 5.73 Å². The molecule has 1 amide bonds. The number of unbranched alkanes of at least 4 members (excludes halogenated alkanes) is 5. The molecular formula is C18H31NO. The van der Waals surface area contributed by atoms with Crippen molar-refractivity contribution in [1.82, 2.24) is 0 Å². The first-order chi connectivity index (χ1) is 9.77. The summed E-state index contributed by atoms with van der Waals surface area (Å²) < 4.78 is 0. The minimum Gasteiger partial charge on any atom is -0.370 e. The van der Waals surface area contributed by atoms with E-state index in [0.717, 1.165) is 32.1 Å². The van der Waals surface area contributed by atoms with Crippen LogP contribution >= 0.6 is 0 Å². The monoisotopic (exact) mass is 277 g/mol. The van der Waals surface area contributed by atoms with Crippen molar-refractivity contribution in [3.63, 3.8) is 0 Å². The maximum Gasteiger partial charge on any atom is 0.217 e. The Hall–Kier alpha value is -1.31. The largest absolute Gasteiger partial charge is 0.370 e. The molecule has 2 nitrogen and oxygen atoms in total. The Bertz CT molecular complexity index is 303. The summed E-state index contributed by atoms with van der Waals surface area (Å²) in [4.78, 5) is 10.5. The molecule has 0 atom stereocenters. The minimum absolute atomic E-state index is 0.175. The Morgan fingerprint density at radius 3 is 2.00 bits per heavy atom. The van der Waals surface area contributed by atoms with Crippen LogP contribution in [0, 0.1) is 0 Å². The Labute approximate surface area is 124 Å². The number of hydrogen-bond donors (Lipinski definition) is 1. The third-order valence-corrected chi connectivity index (χ3v) is 3.07. The molecule has 2 N–H and O–H groups in total. The van der Waals surface area contributed by atoms with Crippen LogP contribution in [0.15, 0.2) is 36.5 Å². The molecule has 0 saturated heterocycles.